The average Bonchev–Trinajstić information content (AvgIpc) is 2.86. The van der Waals surface area contributed by atoms with Crippen molar-refractivity contribution in [1.29, 1.82) is 0 Å². The summed E-state index contributed by atoms with van der Waals surface area (Å²) >= 11 is 55.1. The molecule has 27 heteroatoms. The van der Waals surface area contributed by atoms with Crippen LogP contribution >= 0.6 is 104 Å². The number of hydrogen-bond acceptors (Lipinski definition) is 12. The highest BCUT2D eigenvalue weighted by Crippen LogP contribution is 2.60. The minimum absolute atomic E-state index is 1.27. The normalized spacial score (nSPS) is 11.1. The highest BCUT2D eigenvalue weighted by molar-refractivity contribution is 6.48. The topological polar surface area (TPSA) is 259 Å². The fraction of sp³-hybridized carbons (Fsp3) is 0. The smallest absolute Gasteiger partial charge is 0.258 e. The molecule has 241 valence electrons. The molecule has 0 N–H and O–H groups in total. The van der Waals surface area contributed by atoms with Crippen molar-refractivity contribution in [3.05, 3.63) is 128 Å². The Labute approximate surface area is 295 Å². The zero-order chi connectivity index (χ0) is 35.4. The maximum absolute atomic E-state index is 12.0. The molecule has 1 radical (unpaired) electrons. The summed E-state index contributed by atoms with van der Waals surface area (Å²) in [4.78, 5) is 63.6. The van der Waals surface area contributed by atoms with Crippen LogP contribution in [0.25, 0.3) is 0 Å². The van der Waals surface area contributed by atoms with Crippen LogP contribution in [0.2, 0.25) is 45.2 Å². The van der Waals surface area contributed by atoms with E-state index < -0.39 is 131 Å². The molecule has 3 aromatic rings. The van der Waals surface area contributed by atoms with Gasteiger partial charge in [-0.25, -0.2) is 0 Å². The number of hydrogen-bond donors (Lipinski definition) is 0. The number of halogens is 9. The molecule has 3 rings (SSSR count). The summed E-state index contributed by atoms with van der Waals surface area (Å²) in [7, 11) is 0. The van der Waals surface area contributed by atoms with E-state index >= 15 is 0 Å². The van der Waals surface area contributed by atoms with Gasteiger partial charge in [0, 0.05) is 16.7 Å². The summed E-state index contributed by atoms with van der Waals surface area (Å²) in [6.07, 6.45) is 0. The summed E-state index contributed by atoms with van der Waals surface area (Å²) in [5.41, 5.74) is -12.8. The van der Waals surface area contributed by atoms with Crippen molar-refractivity contribution >= 4 is 139 Å². The number of nitro benzene ring substituents is 6. The summed E-state index contributed by atoms with van der Waals surface area (Å²) in [5, 5.41) is 60.1. The first-order valence-corrected chi connectivity index (χ1v) is 13.9. The van der Waals surface area contributed by atoms with E-state index in [1.807, 2.05) is 0 Å². The molecule has 46 heavy (non-hydrogen) atoms. The van der Waals surface area contributed by atoms with Crippen molar-refractivity contribution in [2.24, 2.45) is 0 Å². The van der Waals surface area contributed by atoms with Crippen LogP contribution in [0.15, 0.2) is 0 Å². The fourth-order valence-corrected chi connectivity index (χ4v) is 7.44. The van der Waals surface area contributed by atoms with Gasteiger partial charge in [0.25, 0.3) is 0 Å². The third-order valence-corrected chi connectivity index (χ3v) is 8.94. The van der Waals surface area contributed by atoms with E-state index in [-0.39, 0.29) is 0 Å². The number of benzene rings is 3. The molecule has 0 heterocycles. The predicted molar refractivity (Wildman–Crippen MR) is 165 cm³/mol. The van der Waals surface area contributed by atoms with E-state index in [0.717, 1.165) is 0 Å². The number of rotatable bonds is 9. The predicted octanol–water partition coefficient (Wildman–Crippen LogP) is 10.0. The molecule has 18 nitrogen and oxygen atoms in total. The van der Waals surface area contributed by atoms with Crippen LogP contribution in [-0.4, -0.2) is 29.5 Å². The van der Waals surface area contributed by atoms with Gasteiger partial charge in [0.05, 0.1) is 35.5 Å². The Balaban J connectivity index is 2.97. The van der Waals surface area contributed by atoms with Gasteiger partial charge >= 0.3 is 34.1 Å². The Morgan fingerprint density at radius 1 is 0.304 bits per heavy atom. The van der Waals surface area contributed by atoms with E-state index in [4.69, 9.17) is 104 Å². The quantitative estimate of drug-likeness (QED) is 0.111. The molecular weight excluding hydrogens is 823 g/mol. The van der Waals surface area contributed by atoms with Crippen LogP contribution in [-0.2, 0) is 0 Å². The number of nitrogens with zero attached hydrogens (tertiary/aromatic N) is 6. The molecule has 0 bridgehead atoms. The molecule has 0 saturated heterocycles. The van der Waals surface area contributed by atoms with E-state index in [0.29, 0.717) is 0 Å². The molecule has 0 fully saturated rings. The largest absolute Gasteiger partial charge is 0.313 e. The molecular formula is C19Cl9N6O12. The van der Waals surface area contributed by atoms with Crippen molar-refractivity contribution in [3.8, 4) is 0 Å². The third kappa shape index (κ3) is 5.84. The second-order valence-corrected chi connectivity index (χ2v) is 11.4. The first kappa shape index (κ1) is 37.1. The highest BCUT2D eigenvalue weighted by atomic mass is 35.5. The first-order valence-electron chi connectivity index (χ1n) is 10.5. The van der Waals surface area contributed by atoms with Crippen molar-refractivity contribution in [1.82, 2.24) is 0 Å². The van der Waals surface area contributed by atoms with Crippen molar-refractivity contribution < 1.29 is 29.5 Å². The zero-order valence-corrected chi connectivity index (χ0v) is 27.3. The van der Waals surface area contributed by atoms with Gasteiger partial charge in [0.1, 0.15) is 30.1 Å². The van der Waals surface area contributed by atoms with Gasteiger partial charge < -0.3 is 0 Å². The SMILES string of the molecule is O=[N+]([O-])c1c(Cl)c([C](c2c(Cl)c([N+](=O)[O-])c(Cl)c([N+](=O)[O-])c2Cl)c2c(Cl)c([N+](=O)[O-])c(Cl)c([N+](=O)[O-])c2Cl)c(Cl)c([N+](=O)[O-])c1Cl. The van der Waals surface area contributed by atoms with Crippen LogP contribution in [0.5, 0.6) is 0 Å². The molecule has 0 spiro atoms. The van der Waals surface area contributed by atoms with Crippen LogP contribution in [0, 0.1) is 66.6 Å². The number of nitro groups is 6. The first-order chi connectivity index (χ1) is 21.1. The van der Waals surface area contributed by atoms with Gasteiger partial charge in [-0.3, -0.25) is 60.7 Å². The molecule has 0 aliphatic heterocycles. The zero-order valence-electron chi connectivity index (χ0n) is 20.5. The lowest BCUT2D eigenvalue weighted by atomic mass is 9.83. The summed E-state index contributed by atoms with van der Waals surface area (Å²) in [6, 6.07) is 0. The molecule has 0 aliphatic rings. The van der Waals surface area contributed by atoms with Crippen molar-refractivity contribution in [2.75, 3.05) is 0 Å². The van der Waals surface area contributed by atoms with Gasteiger partial charge in [-0.2, -0.15) is 0 Å². The molecule has 0 aromatic heterocycles. The van der Waals surface area contributed by atoms with E-state index in [1.54, 1.807) is 0 Å². The molecule has 0 unspecified atom stereocenters. The molecule has 3 aromatic carbocycles. The fourth-order valence-electron chi connectivity index (χ4n) is 3.91. The van der Waals surface area contributed by atoms with E-state index in [2.05, 4.69) is 0 Å². The summed E-state index contributed by atoms with van der Waals surface area (Å²) in [6.45, 7) is 0. The van der Waals surface area contributed by atoms with Gasteiger partial charge in [0.15, 0.2) is 15.1 Å². The van der Waals surface area contributed by atoms with Crippen LogP contribution < -0.4 is 0 Å². The lowest BCUT2D eigenvalue weighted by Gasteiger charge is -2.24. The summed E-state index contributed by atoms with van der Waals surface area (Å²) < 4.78 is 0. The van der Waals surface area contributed by atoms with E-state index in [1.165, 1.54) is 0 Å². The second kappa shape index (κ2) is 13.4. The van der Waals surface area contributed by atoms with Crippen LogP contribution in [0.4, 0.5) is 34.1 Å². The minimum atomic E-state index is -1.50. The van der Waals surface area contributed by atoms with Crippen molar-refractivity contribution in [2.45, 2.75) is 0 Å². The second-order valence-electron chi connectivity index (χ2n) is 7.96. The molecule has 0 amide bonds. The Hall–Kier alpha value is -3.33. The molecule has 0 saturated carbocycles. The Kier molecular flexibility index (Phi) is 10.8. The Morgan fingerprint density at radius 3 is 0.543 bits per heavy atom. The maximum atomic E-state index is 12.0. The lowest BCUT2D eigenvalue weighted by Crippen LogP contribution is -2.15. The molecule has 0 aliphatic carbocycles. The van der Waals surface area contributed by atoms with Crippen molar-refractivity contribution in [3.63, 3.8) is 0 Å². The Morgan fingerprint density at radius 2 is 0.435 bits per heavy atom. The average molecular weight is 823 g/mol. The van der Waals surface area contributed by atoms with Crippen LogP contribution in [0.1, 0.15) is 16.7 Å². The monoisotopic (exact) mass is 819 g/mol. The van der Waals surface area contributed by atoms with Crippen LogP contribution in [0.3, 0.4) is 0 Å². The standard InChI is InChI=1S/C19Cl9N6O12/c20-5-2(6(21)15(30(37)38)11(26)14(5)29(35)36)1(3-7(22)16(31(39)40)12(27)17(8(3)23)32(41)42)4-9(24)18(33(43)44)13(28)19(10(4)25)34(45)46. The van der Waals surface area contributed by atoms with Gasteiger partial charge in [-0.05, 0) is 0 Å². The third-order valence-electron chi connectivity index (χ3n) is 5.66. The Bertz CT molecular complexity index is 1650. The van der Waals surface area contributed by atoms with Gasteiger partial charge in [0.2, 0.25) is 0 Å². The van der Waals surface area contributed by atoms with Gasteiger partial charge in [-0.15, -0.1) is 0 Å². The minimum Gasteiger partial charge on any atom is -0.258 e. The van der Waals surface area contributed by atoms with Gasteiger partial charge in [-0.1, -0.05) is 104 Å². The molecule has 0 atom stereocenters. The van der Waals surface area contributed by atoms with E-state index in [9.17, 15) is 60.7 Å². The lowest BCUT2D eigenvalue weighted by molar-refractivity contribution is -0.393. The maximum Gasteiger partial charge on any atom is 0.313 e. The highest BCUT2D eigenvalue weighted by Gasteiger charge is 2.47. The summed E-state index contributed by atoms with van der Waals surface area (Å²) in [5.74, 6) is -1.31.